The number of ether oxygens (including phenoxy) is 1. The van der Waals surface area contributed by atoms with Crippen molar-refractivity contribution in [1.29, 1.82) is 0 Å². The molecule has 1 saturated heterocycles. The molecule has 0 aromatic carbocycles. The van der Waals surface area contributed by atoms with Crippen LogP contribution in [0.1, 0.15) is 39.0 Å². The molecule has 0 aromatic rings. The number of carbonyl (C=O) groups excluding carboxylic acids is 1. The molecule has 2 N–H and O–H groups in total. The highest BCUT2D eigenvalue weighted by atomic mass is 16.5. The summed E-state index contributed by atoms with van der Waals surface area (Å²) in [6.07, 6.45) is 4.22. The van der Waals surface area contributed by atoms with E-state index in [4.69, 9.17) is 9.84 Å². The highest BCUT2D eigenvalue weighted by molar-refractivity contribution is 5.80. The van der Waals surface area contributed by atoms with E-state index < -0.39 is 11.9 Å². The Balaban J connectivity index is 1.90. The highest BCUT2D eigenvalue weighted by Gasteiger charge is 2.35. The van der Waals surface area contributed by atoms with E-state index in [2.05, 4.69) is 5.32 Å². The fraction of sp³-hybridized carbons (Fsp3) is 0.846. The van der Waals surface area contributed by atoms with Gasteiger partial charge in [0.05, 0.1) is 24.5 Å². The van der Waals surface area contributed by atoms with Crippen molar-refractivity contribution in [3.8, 4) is 0 Å². The van der Waals surface area contributed by atoms with E-state index in [1.165, 1.54) is 0 Å². The van der Waals surface area contributed by atoms with Gasteiger partial charge in [0.25, 0.3) is 0 Å². The molecule has 5 heteroatoms. The van der Waals surface area contributed by atoms with Crippen molar-refractivity contribution in [3.05, 3.63) is 0 Å². The normalized spacial score (nSPS) is 36.3. The zero-order valence-corrected chi connectivity index (χ0v) is 10.7. The predicted octanol–water partition coefficient (Wildman–Crippen LogP) is 1.17. The minimum atomic E-state index is -0.795. The maximum atomic E-state index is 12.0. The van der Waals surface area contributed by atoms with Gasteiger partial charge in [0.1, 0.15) is 0 Å². The summed E-state index contributed by atoms with van der Waals surface area (Å²) in [6, 6.07) is -0.209. The molecule has 2 fully saturated rings. The number of carbonyl (C=O) groups is 2. The van der Waals surface area contributed by atoms with E-state index in [1.54, 1.807) is 0 Å². The number of hydrogen-bond donors (Lipinski definition) is 2. The lowest BCUT2D eigenvalue weighted by atomic mass is 9.84. The molecular weight excluding hydrogens is 234 g/mol. The zero-order valence-electron chi connectivity index (χ0n) is 10.7. The van der Waals surface area contributed by atoms with Crippen LogP contribution in [0.2, 0.25) is 0 Å². The summed E-state index contributed by atoms with van der Waals surface area (Å²) < 4.78 is 5.37. The maximum absolute atomic E-state index is 12.0. The molecule has 2 rings (SSSR count). The van der Waals surface area contributed by atoms with Crippen LogP contribution in [0.15, 0.2) is 0 Å². The minimum absolute atomic E-state index is 0.0440. The second-order valence-corrected chi connectivity index (χ2v) is 5.42. The number of nitrogens with one attached hydrogen (secondary N) is 1. The zero-order chi connectivity index (χ0) is 13.1. The Morgan fingerprint density at radius 2 is 2.00 bits per heavy atom. The highest BCUT2D eigenvalue weighted by Crippen LogP contribution is 2.26. The van der Waals surface area contributed by atoms with Gasteiger partial charge in [-0.1, -0.05) is 12.8 Å². The summed E-state index contributed by atoms with van der Waals surface area (Å²) >= 11 is 0. The van der Waals surface area contributed by atoms with Gasteiger partial charge in [-0.25, -0.2) is 0 Å². The molecule has 1 heterocycles. The van der Waals surface area contributed by atoms with Crippen molar-refractivity contribution < 1.29 is 19.4 Å². The summed E-state index contributed by atoms with van der Waals surface area (Å²) in [4.78, 5) is 23.2. The summed E-state index contributed by atoms with van der Waals surface area (Å²) in [5.41, 5.74) is 0. The SMILES string of the molecule is CC1CC(C(=O)NC2CCCCC2C(=O)O)CO1. The Labute approximate surface area is 107 Å². The quantitative estimate of drug-likeness (QED) is 0.793. The minimum Gasteiger partial charge on any atom is -0.481 e. The Hall–Kier alpha value is -1.10. The van der Waals surface area contributed by atoms with E-state index in [9.17, 15) is 9.59 Å². The first-order valence-corrected chi connectivity index (χ1v) is 6.72. The van der Waals surface area contributed by atoms with E-state index in [-0.39, 0.29) is 24.0 Å². The van der Waals surface area contributed by atoms with E-state index in [0.717, 1.165) is 25.7 Å². The van der Waals surface area contributed by atoms with Gasteiger partial charge < -0.3 is 15.2 Å². The monoisotopic (exact) mass is 255 g/mol. The smallest absolute Gasteiger partial charge is 0.308 e. The first-order chi connectivity index (χ1) is 8.58. The summed E-state index contributed by atoms with van der Waals surface area (Å²) in [7, 11) is 0. The molecule has 1 aliphatic carbocycles. The Morgan fingerprint density at radius 3 is 2.61 bits per heavy atom. The fourth-order valence-corrected chi connectivity index (χ4v) is 2.90. The Kier molecular flexibility index (Phi) is 4.22. The molecule has 1 aliphatic heterocycles. The number of aliphatic carboxylic acids is 1. The van der Waals surface area contributed by atoms with Crippen LogP contribution in [0, 0.1) is 11.8 Å². The topological polar surface area (TPSA) is 75.6 Å². The van der Waals surface area contributed by atoms with E-state index in [1.807, 2.05) is 6.92 Å². The first-order valence-electron chi connectivity index (χ1n) is 6.72. The lowest BCUT2D eigenvalue weighted by Gasteiger charge is -2.30. The number of carboxylic acids is 1. The molecule has 0 aromatic heterocycles. The van der Waals surface area contributed by atoms with Gasteiger partial charge in [0.2, 0.25) is 5.91 Å². The van der Waals surface area contributed by atoms with Gasteiger partial charge in [-0.2, -0.15) is 0 Å². The molecule has 0 radical (unpaired) electrons. The first kappa shape index (κ1) is 13.3. The van der Waals surface area contributed by atoms with E-state index >= 15 is 0 Å². The second kappa shape index (κ2) is 5.69. The maximum Gasteiger partial charge on any atom is 0.308 e. The summed E-state index contributed by atoms with van der Waals surface area (Å²) in [6.45, 7) is 2.41. The lowest BCUT2D eigenvalue weighted by Crippen LogP contribution is -2.47. The van der Waals surface area contributed by atoms with Crippen molar-refractivity contribution in [2.75, 3.05) is 6.61 Å². The standard InChI is InChI=1S/C13H21NO4/c1-8-6-9(7-18-8)12(15)14-11-5-3-2-4-10(11)13(16)17/h8-11H,2-7H2,1H3,(H,14,15)(H,16,17). The molecule has 5 nitrogen and oxygen atoms in total. The van der Waals surface area contributed by atoms with Gasteiger partial charge >= 0.3 is 5.97 Å². The molecule has 1 amide bonds. The Bertz CT molecular complexity index is 331. The van der Waals surface area contributed by atoms with Crippen LogP contribution < -0.4 is 5.32 Å². The Morgan fingerprint density at radius 1 is 1.28 bits per heavy atom. The lowest BCUT2D eigenvalue weighted by molar-refractivity contribution is -0.144. The third-order valence-corrected chi connectivity index (χ3v) is 3.98. The fourth-order valence-electron chi connectivity index (χ4n) is 2.90. The molecule has 102 valence electrons. The van der Waals surface area contributed by atoms with Crippen LogP contribution >= 0.6 is 0 Å². The third-order valence-electron chi connectivity index (χ3n) is 3.98. The molecule has 4 unspecified atom stereocenters. The van der Waals surface area contributed by atoms with Crippen LogP contribution in [0.3, 0.4) is 0 Å². The van der Waals surface area contributed by atoms with Crippen LogP contribution in [0.5, 0.6) is 0 Å². The third kappa shape index (κ3) is 3.02. The van der Waals surface area contributed by atoms with Crippen molar-refractivity contribution >= 4 is 11.9 Å². The van der Waals surface area contributed by atoms with E-state index in [0.29, 0.717) is 13.0 Å². The summed E-state index contributed by atoms with van der Waals surface area (Å²) in [5.74, 6) is -1.38. The van der Waals surface area contributed by atoms with Gasteiger partial charge in [0.15, 0.2) is 0 Å². The molecule has 1 saturated carbocycles. The van der Waals surface area contributed by atoms with Crippen LogP contribution in [0.4, 0.5) is 0 Å². The predicted molar refractivity (Wildman–Crippen MR) is 65.0 cm³/mol. The molecule has 4 atom stereocenters. The van der Waals surface area contributed by atoms with Gasteiger partial charge in [0, 0.05) is 6.04 Å². The molecule has 18 heavy (non-hydrogen) atoms. The van der Waals surface area contributed by atoms with Crippen LogP contribution in [0.25, 0.3) is 0 Å². The van der Waals surface area contributed by atoms with Gasteiger partial charge in [-0.05, 0) is 26.2 Å². The van der Waals surface area contributed by atoms with Crippen molar-refractivity contribution in [2.24, 2.45) is 11.8 Å². The van der Waals surface area contributed by atoms with Crippen LogP contribution in [-0.4, -0.2) is 35.7 Å². The molecule has 0 spiro atoms. The summed E-state index contributed by atoms with van der Waals surface area (Å²) in [5, 5.41) is 12.1. The molecule has 0 bridgehead atoms. The molecule has 2 aliphatic rings. The average Bonchev–Trinajstić information content (AvgIpc) is 2.76. The largest absolute Gasteiger partial charge is 0.481 e. The van der Waals surface area contributed by atoms with Crippen molar-refractivity contribution in [1.82, 2.24) is 5.32 Å². The van der Waals surface area contributed by atoms with Crippen molar-refractivity contribution in [3.63, 3.8) is 0 Å². The number of carboxylic acid groups (broad SMARTS) is 1. The second-order valence-electron chi connectivity index (χ2n) is 5.42. The number of rotatable bonds is 3. The van der Waals surface area contributed by atoms with Crippen LogP contribution in [-0.2, 0) is 14.3 Å². The van der Waals surface area contributed by atoms with Gasteiger partial charge in [-0.15, -0.1) is 0 Å². The number of hydrogen-bond acceptors (Lipinski definition) is 3. The van der Waals surface area contributed by atoms with Gasteiger partial charge in [-0.3, -0.25) is 9.59 Å². The molecular formula is C13H21NO4. The van der Waals surface area contributed by atoms with Crippen molar-refractivity contribution in [2.45, 2.75) is 51.2 Å². The number of amides is 1. The average molecular weight is 255 g/mol.